The molecule has 10 heteroatoms. The Balaban J connectivity index is 0.000000268. The summed E-state index contributed by atoms with van der Waals surface area (Å²) in [6.07, 6.45) is 0.256. The Morgan fingerprint density at radius 2 is 0.917 bits per heavy atom. The summed E-state index contributed by atoms with van der Waals surface area (Å²) in [7, 11) is 3.14. The molecule has 8 nitrogen and oxygen atoms in total. The van der Waals surface area contributed by atoms with Crippen LogP contribution in [0.15, 0.2) is 146 Å². The Kier molecular flexibility index (Phi) is 19.2. The van der Waals surface area contributed by atoms with E-state index in [2.05, 4.69) is 54.7 Å². The molecule has 0 aliphatic carbocycles. The van der Waals surface area contributed by atoms with Crippen LogP contribution in [0.4, 0.5) is 8.78 Å². The van der Waals surface area contributed by atoms with E-state index >= 15 is 0 Å². The van der Waals surface area contributed by atoms with Crippen molar-refractivity contribution in [3.05, 3.63) is 191 Å². The molecule has 0 spiro atoms. The third-order valence-electron chi connectivity index (χ3n) is 12.3. The number of carboxylic acid groups (broad SMARTS) is 1. The maximum absolute atomic E-state index is 14.9. The molecule has 0 unspecified atom stereocenters. The third kappa shape index (κ3) is 15.2. The molecular formula is C62H70F2O8. The first-order valence-electron chi connectivity index (χ1n) is 24.1. The van der Waals surface area contributed by atoms with Crippen molar-refractivity contribution in [3.63, 3.8) is 0 Å². The molecule has 0 heterocycles. The molecule has 1 N–H and O–H groups in total. The van der Waals surface area contributed by atoms with Crippen LogP contribution in [0, 0.1) is 11.6 Å². The van der Waals surface area contributed by atoms with Gasteiger partial charge in [0.25, 0.3) is 0 Å². The van der Waals surface area contributed by atoms with Crippen LogP contribution >= 0.6 is 0 Å². The molecule has 6 rings (SSSR count). The number of methoxy groups -OCH3 is 2. The summed E-state index contributed by atoms with van der Waals surface area (Å²) >= 11 is 0. The zero-order chi connectivity index (χ0) is 52.9. The van der Waals surface area contributed by atoms with Gasteiger partial charge in [0.2, 0.25) is 0 Å². The highest BCUT2D eigenvalue weighted by Crippen LogP contribution is 2.39. The predicted molar refractivity (Wildman–Crippen MR) is 284 cm³/mol. The number of ether oxygens (including phenoxy) is 5. The zero-order valence-electron chi connectivity index (χ0n) is 43.7. The molecule has 380 valence electrons. The molecule has 6 aromatic rings. The summed E-state index contributed by atoms with van der Waals surface area (Å²) < 4.78 is 57.6. The molecule has 2 atom stereocenters. The van der Waals surface area contributed by atoms with Crippen LogP contribution in [0.1, 0.15) is 120 Å². The van der Waals surface area contributed by atoms with Gasteiger partial charge >= 0.3 is 11.9 Å². The number of halogens is 2. The molecule has 6 aromatic carbocycles. The van der Waals surface area contributed by atoms with Crippen LogP contribution < -0.4 is 18.9 Å². The Bertz CT molecular complexity index is 2830. The van der Waals surface area contributed by atoms with E-state index in [-0.39, 0.29) is 53.1 Å². The molecule has 0 saturated carbocycles. The van der Waals surface area contributed by atoms with Crippen molar-refractivity contribution < 1.29 is 47.2 Å². The van der Waals surface area contributed by atoms with Crippen LogP contribution in [0.3, 0.4) is 0 Å². The SMILES string of the molecule is C=C(C)[C@H](CC(=O)O)c1ccc(OCc2ccc(C(C)(C)C)c(-c3cc(OC)ccc3F)c2)cc1.C=C(C)[C@H](CC(=O)OCC)c1ccc(OCc2ccc(C(C)(C)C)c(-c3cc(OC)ccc3F)c2)cc1. The fourth-order valence-corrected chi connectivity index (χ4v) is 8.43. The van der Waals surface area contributed by atoms with E-state index in [1.54, 1.807) is 45.4 Å². The summed E-state index contributed by atoms with van der Waals surface area (Å²) in [5.74, 6) is 0.511. The van der Waals surface area contributed by atoms with Crippen molar-refractivity contribution in [3.8, 4) is 45.3 Å². The molecule has 0 saturated heterocycles. The molecule has 0 aliphatic heterocycles. The quantitative estimate of drug-likeness (QED) is 0.0633. The normalized spacial score (nSPS) is 12.1. The number of carboxylic acids is 1. The van der Waals surface area contributed by atoms with E-state index in [0.717, 1.165) is 55.7 Å². The fraction of sp³-hybridized carbons (Fsp3) is 0.323. The number of hydrogen-bond donors (Lipinski definition) is 1. The number of esters is 1. The lowest BCUT2D eigenvalue weighted by Gasteiger charge is -2.24. The third-order valence-corrected chi connectivity index (χ3v) is 12.3. The van der Waals surface area contributed by atoms with Gasteiger partial charge in [0.05, 0.1) is 33.7 Å². The Hall–Kier alpha value is -7.20. The number of aliphatic carboxylic acids is 1. The number of carbonyl (C=O) groups excluding carboxylic acids is 1. The molecule has 72 heavy (non-hydrogen) atoms. The summed E-state index contributed by atoms with van der Waals surface area (Å²) in [4.78, 5) is 23.2. The van der Waals surface area contributed by atoms with Crippen molar-refractivity contribution in [2.24, 2.45) is 0 Å². The highest BCUT2D eigenvalue weighted by molar-refractivity contribution is 5.73. The second-order valence-corrected chi connectivity index (χ2v) is 20.1. The van der Waals surface area contributed by atoms with Gasteiger partial charge < -0.3 is 28.8 Å². The maximum atomic E-state index is 14.9. The van der Waals surface area contributed by atoms with E-state index < -0.39 is 5.97 Å². The average molecular weight is 981 g/mol. The van der Waals surface area contributed by atoms with Gasteiger partial charge in [-0.3, -0.25) is 9.59 Å². The molecule has 0 amide bonds. The van der Waals surface area contributed by atoms with E-state index in [4.69, 9.17) is 23.7 Å². The first kappa shape index (κ1) is 55.7. The number of allylic oxidation sites excluding steroid dienone is 2. The van der Waals surface area contributed by atoms with Crippen LogP contribution in [0.2, 0.25) is 0 Å². The topological polar surface area (TPSA) is 101 Å². The van der Waals surface area contributed by atoms with Gasteiger partial charge in [0.1, 0.15) is 47.8 Å². The van der Waals surface area contributed by atoms with Crippen molar-refractivity contribution in [1.82, 2.24) is 0 Å². The van der Waals surface area contributed by atoms with Crippen LogP contribution in [-0.2, 0) is 38.4 Å². The standard InChI is InChI=1S/C32H37FO4.C30H33FO4/c1-8-36-31(34)19-26(21(2)3)23-10-12-24(13-11-23)37-20-22-9-15-29(32(4,5)6)27(17-22)28-18-25(35-7)14-16-30(28)33;1-19(2)24(17-29(32)33)21-8-10-22(11-9-21)35-18-20-7-13-27(30(3,4)5)25(15-20)26-16-23(34-6)12-14-28(26)31/h9-18,26H,2,8,19-20H2,1,3-7H3;7-16,24H,1,17-18H2,2-6H3,(H,32,33)/t26-;24-/m00/s1. The van der Waals surface area contributed by atoms with E-state index in [0.29, 0.717) is 53.9 Å². The minimum absolute atomic E-state index is 0.000724. The summed E-state index contributed by atoms with van der Waals surface area (Å²) in [5.41, 5.74) is 9.74. The van der Waals surface area contributed by atoms with Crippen molar-refractivity contribution in [2.75, 3.05) is 20.8 Å². The van der Waals surface area contributed by atoms with E-state index in [9.17, 15) is 23.5 Å². The number of hydrogen-bond acceptors (Lipinski definition) is 7. The lowest BCUT2D eigenvalue weighted by Crippen LogP contribution is -2.13. The van der Waals surface area contributed by atoms with Gasteiger partial charge in [-0.1, -0.05) is 114 Å². The fourth-order valence-electron chi connectivity index (χ4n) is 8.43. The highest BCUT2D eigenvalue weighted by atomic mass is 19.1. The first-order chi connectivity index (χ1) is 34.0. The summed E-state index contributed by atoms with van der Waals surface area (Å²) in [6, 6.07) is 36.7. The Morgan fingerprint density at radius 1 is 0.542 bits per heavy atom. The molecular weight excluding hydrogens is 911 g/mol. The highest BCUT2D eigenvalue weighted by Gasteiger charge is 2.24. The van der Waals surface area contributed by atoms with Crippen molar-refractivity contribution in [1.29, 1.82) is 0 Å². The number of rotatable bonds is 19. The average Bonchev–Trinajstić information content (AvgIpc) is 3.33. The van der Waals surface area contributed by atoms with Crippen molar-refractivity contribution in [2.45, 2.75) is 111 Å². The van der Waals surface area contributed by atoms with Gasteiger partial charge in [-0.25, -0.2) is 8.78 Å². The number of carbonyl (C=O) groups is 2. The van der Waals surface area contributed by atoms with Gasteiger partial charge in [-0.2, -0.15) is 0 Å². The molecule has 0 aromatic heterocycles. The Labute approximate surface area is 425 Å². The Morgan fingerprint density at radius 3 is 1.25 bits per heavy atom. The molecule has 0 fully saturated rings. The summed E-state index contributed by atoms with van der Waals surface area (Å²) in [5, 5.41) is 9.18. The second-order valence-electron chi connectivity index (χ2n) is 20.1. The maximum Gasteiger partial charge on any atom is 0.306 e. The predicted octanol–water partition coefficient (Wildman–Crippen LogP) is 15.5. The molecule has 0 bridgehead atoms. The minimum Gasteiger partial charge on any atom is -0.497 e. The van der Waals surface area contributed by atoms with Gasteiger partial charge in [0, 0.05) is 23.0 Å². The first-order valence-corrected chi connectivity index (χ1v) is 24.1. The zero-order valence-corrected chi connectivity index (χ0v) is 43.7. The lowest BCUT2D eigenvalue weighted by atomic mass is 9.81. The summed E-state index contributed by atoms with van der Waals surface area (Å²) in [6.45, 7) is 27.2. The lowest BCUT2D eigenvalue weighted by molar-refractivity contribution is -0.143. The van der Waals surface area contributed by atoms with Gasteiger partial charge in [-0.15, -0.1) is 0 Å². The van der Waals surface area contributed by atoms with Gasteiger partial charge in [0.15, 0.2) is 0 Å². The van der Waals surface area contributed by atoms with Crippen LogP contribution in [0.5, 0.6) is 23.0 Å². The van der Waals surface area contributed by atoms with E-state index in [1.165, 1.54) is 12.1 Å². The molecule has 0 aliphatic rings. The largest absolute Gasteiger partial charge is 0.497 e. The smallest absolute Gasteiger partial charge is 0.306 e. The monoisotopic (exact) mass is 981 g/mol. The van der Waals surface area contributed by atoms with Gasteiger partial charge in [-0.05, 0) is 149 Å². The minimum atomic E-state index is -0.861. The van der Waals surface area contributed by atoms with Crippen molar-refractivity contribution >= 4 is 11.9 Å². The van der Waals surface area contributed by atoms with Crippen LogP contribution in [-0.4, -0.2) is 37.9 Å². The number of benzene rings is 6. The second kappa shape index (κ2) is 24.8. The van der Waals surface area contributed by atoms with E-state index in [1.807, 2.05) is 98.8 Å². The van der Waals surface area contributed by atoms with Crippen LogP contribution in [0.25, 0.3) is 22.3 Å². The molecule has 0 radical (unpaired) electrons.